The molecule has 3 rings (SSSR count). The van der Waals surface area contributed by atoms with Gasteiger partial charge in [-0.25, -0.2) is 0 Å². The minimum atomic E-state index is -4.53. The van der Waals surface area contributed by atoms with Crippen LogP contribution in [0, 0.1) is 0 Å². The lowest BCUT2D eigenvalue weighted by molar-refractivity contribution is -0.136. The van der Waals surface area contributed by atoms with Crippen molar-refractivity contribution in [2.75, 3.05) is 13.1 Å². The number of likely N-dealkylation sites (tertiary alicyclic amines) is 1. The zero-order valence-electron chi connectivity index (χ0n) is 13.0. The Balaban J connectivity index is 2.06. The van der Waals surface area contributed by atoms with Crippen LogP contribution < -0.4 is 5.56 Å². The minimum absolute atomic E-state index is 0.0918. The van der Waals surface area contributed by atoms with Gasteiger partial charge in [0.15, 0.2) is 0 Å². The van der Waals surface area contributed by atoms with Gasteiger partial charge in [0.2, 0.25) is 0 Å². The third-order valence-corrected chi connectivity index (χ3v) is 4.47. The minimum Gasteiger partial charge on any atom is -0.311 e. The van der Waals surface area contributed by atoms with E-state index in [1.54, 1.807) is 12.1 Å². The molecule has 3 nitrogen and oxygen atoms in total. The Morgan fingerprint density at radius 3 is 2.43 bits per heavy atom. The number of aryl methyl sites for hydroxylation is 1. The van der Waals surface area contributed by atoms with E-state index in [4.69, 9.17) is 0 Å². The summed E-state index contributed by atoms with van der Waals surface area (Å²) in [5, 5.41) is 0.0918. The Morgan fingerprint density at radius 2 is 1.78 bits per heavy atom. The second-order valence-corrected chi connectivity index (χ2v) is 6.14. The average molecular weight is 324 g/mol. The third kappa shape index (κ3) is 3.27. The number of halogens is 3. The number of piperidine rings is 1. The lowest BCUT2D eigenvalue weighted by Gasteiger charge is -2.26. The van der Waals surface area contributed by atoms with E-state index in [9.17, 15) is 18.0 Å². The molecule has 0 bridgehead atoms. The first kappa shape index (κ1) is 16.1. The van der Waals surface area contributed by atoms with Crippen LogP contribution in [0.5, 0.6) is 0 Å². The van der Waals surface area contributed by atoms with E-state index in [2.05, 4.69) is 4.90 Å². The Hall–Kier alpha value is -1.82. The van der Waals surface area contributed by atoms with Crippen molar-refractivity contribution >= 4 is 10.9 Å². The molecule has 1 aromatic carbocycles. The van der Waals surface area contributed by atoms with Gasteiger partial charge in [-0.15, -0.1) is 0 Å². The second-order valence-electron chi connectivity index (χ2n) is 6.14. The largest absolute Gasteiger partial charge is 0.417 e. The van der Waals surface area contributed by atoms with Crippen molar-refractivity contribution in [3.8, 4) is 0 Å². The van der Waals surface area contributed by atoms with Crippen LogP contribution in [0.2, 0.25) is 0 Å². The number of pyridine rings is 1. The topological polar surface area (TPSA) is 25.2 Å². The first-order valence-corrected chi connectivity index (χ1v) is 7.78. The van der Waals surface area contributed by atoms with Crippen LogP contribution in [-0.4, -0.2) is 22.6 Å². The summed E-state index contributed by atoms with van der Waals surface area (Å²) >= 11 is 0. The predicted octanol–water partition coefficient (Wildman–Crippen LogP) is 3.54. The number of rotatable bonds is 2. The Morgan fingerprint density at radius 1 is 1.09 bits per heavy atom. The summed E-state index contributed by atoms with van der Waals surface area (Å²) in [6, 6.07) is 5.70. The van der Waals surface area contributed by atoms with Crippen LogP contribution in [0.15, 0.2) is 29.1 Å². The Labute approximate surface area is 132 Å². The second kappa shape index (κ2) is 6.00. The van der Waals surface area contributed by atoms with Gasteiger partial charge in [-0.05, 0) is 43.6 Å². The first-order chi connectivity index (χ1) is 10.9. The van der Waals surface area contributed by atoms with E-state index in [1.165, 1.54) is 18.0 Å². The zero-order chi connectivity index (χ0) is 16.6. The molecule has 0 saturated carbocycles. The van der Waals surface area contributed by atoms with Crippen molar-refractivity contribution in [3.05, 3.63) is 45.7 Å². The molecule has 1 saturated heterocycles. The van der Waals surface area contributed by atoms with Crippen molar-refractivity contribution < 1.29 is 13.2 Å². The van der Waals surface area contributed by atoms with Crippen molar-refractivity contribution in [1.82, 2.24) is 9.47 Å². The number of fused-ring (bicyclic) bond motifs is 1. The molecule has 2 aromatic rings. The van der Waals surface area contributed by atoms with Crippen molar-refractivity contribution in [1.29, 1.82) is 0 Å². The molecule has 0 N–H and O–H groups in total. The van der Waals surface area contributed by atoms with E-state index < -0.39 is 17.3 Å². The van der Waals surface area contributed by atoms with Gasteiger partial charge in [0.25, 0.3) is 5.56 Å². The fraction of sp³-hybridized carbons (Fsp3) is 0.471. The van der Waals surface area contributed by atoms with Crippen molar-refractivity contribution in [2.45, 2.75) is 32.0 Å². The highest BCUT2D eigenvalue weighted by Crippen LogP contribution is 2.34. The predicted molar refractivity (Wildman–Crippen MR) is 83.3 cm³/mol. The molecule has 0 aliphatic carbocycles. The molecule has 23 heavy (non-hydrogen) atoms. The summed E-state index contributed by atoms with van der Waals surface area (Å²) in [6.07, 6.45) is -1.05. The SMILES string of the molecule is Cn1c(=O)cc(C(F)(F)F)c2cc(CN3CCCCC3)ccc21. The Bertz CT molecular complexity index is 774. The van der Waals surface area contributed by atoms with Crippen LogP contribution in [0.25, 0.3) is 10.9 Å². The number of hydrogen-bond donors (Lipinski definition) is 0. The summed E-state index contributed by atoms with van der Waals surface area (Å²) in [6.45, 7) is 2.62. The quantitative estimate of drug-likeness (QED) is 0.844. The summed E-state index contributed by atoms with van der Waals surface area (Å²) < 4.78 is 41.0. The average Bonchev–Trinajstić information content (AvgIpc) is 2.51. The molecule has 2 heterocycles. The van der Waals surface area contributed by atoms with E-state index >= 15 is 0 Å². The standard InChI is InChI=1S/C17H19F3N2O/c1-21-15-6-5-12(11-22-7-3-2-4-8-22)9-13(15)14(10-16(21)23)17(18,19)20/h5-6,9-10H,2-4,7-8,11H2,1H3. The Kier molecular flexibility index (Phi) is 4.19. The molecule has 0 spiro atoms. The molecule has 1 aliphatic heterocycles. The number of hydrogen-bond acceptors (Lipinski definition) is 2. The summed E-state index contributed by atoms with van der Waals surface area (Å²) in [4.78, 5) is 14.0. The van der Waals surface area contributed by atoms with E-state index in [0.717, 1.165) is 31.5 Å². The number of nitrogens with zero attached hydrogens (tertiary/aromatic N) is 2. The van der Waals surface area contributed by atoms with Gasteiger partial charge in [-0.1, -0.05) is 12.5 Å². The lowest BCUT2D eigenvalue weighted by atomic mass is 10.0. The van der Waals surface area contributed by atoms with Gasteiger partial charge >= 0.3 is 6.18 Å². The van der Waals surface area contributed by atoms with Crippen LogP contribution in [0.4, 0.5) is 13.2 Å². The maximum absolute atomic E-state index is 13.3. The molecule has 124 valence electrons. The van der Waals surface area contributed by atoms with E-state index in [0.29, 0.717) is 18.1 Å². The number of alkyl halides is 3. The van der Waals surface area contributed by atoms with Gasteiger partial charge in [0, 0.05) is 25.0 Å². The highest BCUT2D eigenvalue weighted by atomic mass is 19.4. The smallest absolute Gasteiger partial charge is 0.311 e. The molecule has 1 aromatic heterocycles. The van der Waals surface area contributed by atoms with Gasteiger partial charge < -0.3 is 4.57 Å². The van der Waals surface area contributed by atoms with Gasteiger partial charge in [-0.2, -0.15) is 13.2 Å². The molecule has 6 heteroatoms. The van der Waals surface area contributed by atoms with Gasteiger partial charge in [0.1, 0.15) is 0 Å². The fourth-order valence-corrected chi connectivity index (χ4v) is 3.22. The molecule has 0 unspecified atom stereocenters. The maximum Gasteiger partial charge on any atom is 0.417 e. The molecule has 1 fully saturated rings. The van der Waals surface area contributed by atoms with Crippen molar-refractivity contribution in [2.24, 2.45) is 7.05 Å². The third-order valence-electron chi connectivity index (χ3n) is 4.47. The molecule has 0 atom stereocenters. The van der Waals surface area contributed by atoms with Crippen LogP contribution in [0.3, 0.4) is 0 Å². The summed E-state index contributed by atoms with van der Waals surface area (Å²) in [5.41, 5.74) is -0.333. The van der Waals surface area contributed by atoms with Gasteiger partial charge in [0.05, 0.1) is 11.1 Å². The maximum atomic E-state index is 13.3. The molecular weight excluding hydrogens is 305 g/mol. The van der Waals surface area contributed by atoms with Crippen LogP contribution in [0.1, 0.15) is 30.4 Å². The molecule has 0 amide bonds. The highest BCUT2D eigenvalue weighted by molar-refractivity contribution is 5.83. The summed E-state index contributed by atoms with van der Waals surface area (Å²) in [5.74, 6) is 0. The zero-order valence-corrected chi connectivity index (χ0v) is 13.0. The number of aromatic nitrogens is 1. The van der Waals surface area contributed by atoms with Crippen molar-refractivity contribution in [3.63, 3.8) is 0 Å². The molecular formula is C17H19F3N2O. The lowest BCUT2D eigenvalue weighted by Crippen LogP contribution is -2.29. The van der Waals surface area contributed by atoms with Crippen LogP contribution in [-0.2, 0) is 19.8 Å². The fourth-order valence-electron chi connectivity index (χ4n) is 3.22. The highest BCUT2D eigenvalue weighted by Gasteiger charge is 2.33. The normalized spacial score (nSPS) is 16.9. The van der Waals surface area contributed by atoms with E-state index in [-0.39, 0.29) is 5.39 Å². The summed E-state index contributed by atoms with van der Waals surface area (Å²) in [7, 11) is 1.50. The molecule has 1 aliphatic rings. The van der Waals surface area contributed by atoms with E-state index in [1.807, 2.05) is 6.07 Å². The monoisotopic (exact) mass is 324 g/mol. The van der Waals surface area contributed by atoms with Gasteiger partial charge in [-0.3, -0.25) is 9.69 Å². The van der Waals surface area contributed by atoms with Crippen LogP contribution >= 0.6 is 0 Å². The number of benzene rings is 1. The first-order valence-electron chi connectivity index (χ1n) is 7.78. The molecule has 0 radical (unpaired) electrons.